The van der Waals surface area contributed by atoms with E-state index in [1.54, 1.807) is 0 Å². The summed E-state index contributed by atoms with van der Waals surface area (Å²) in [5.41, 5.74) is 2.10. The molecule has 0 aromatic heterocycles. The second kappa shape index (κ2) is 9.20. The minimum absolute atomic E-state index is 0.115. The van der Waals surface area contributed by atoms with E-state index in [-0.39, 0.29) is 5.91 Å². The van der Waals surface area contributed by atoms with E-state index in [2.05, 4.69) is 17.0 Å². The van der Waals surface area contributed by atoms with Gasteiger partial charge in [0.05, 0.1) is 0 Å². The zero-order valence-corrected chi connectivity index (χ0v) is 16.2. The third-order valence-corrected chi connectivity index (χ3v) is 5.38. The molecule has 1 aliphatic rings. The van der Waals surface area contributed by atoms with Crippen molar-refractivity contribution in [2.45, 2.75) is 19.3 Å². The average molecular weight is 371 g/mol. The Morgan fingerprint density at radius 1 is 1.15 bits per heavy atom. The molecule has 1 unspecified atom stereocenters. The van der Waals surface area contributed by atoms with Crippen LogP contribution >= 0.6 is 11.6 Å². The van der Waals surface area contributed by atoms with Crippen molar-refractivity contribution in [3.63, 3.8) is 0 Å². The molecule has 1 fully saturated rings. The van der Waals surface area contributed by atoms with Gasteiger partial charge in [0.25, 0.3) is 5.91 Å². The zero-order chi connectivity index (χ0) is 18.4. The van der Waals surface area contributed by atoms with Gasteiger partial charge in [-0.25, -0.2) is 0 Å². The number of hydrogen-bond acceptors (Lipinski definition) is 2. The third kappa shape index (κ3) is 5.33. The predicted octanol–water partition coefficient (Wildman–Crippen LogP) is 4.37. The summed E-state index contributed by atoms with van der Waals surface area (Å²) in [4.78, 5) is 16.9. The van der Waals surface area contributed by atoms with Gasteiger partial charge in [0.2, 0.25) is 0 Å². The Balaban J connectivity index is 1.48. The van der Waals surface area contributed by atoms with E-state index in [1.165, 1.54) is 18.4 Å². The van der Waals surface area contributed by atoms with E-state index in [9.17, 15) is 4.79 Å². The van der Waals surface area contributed by atoms with Gasteiger partial charge in [-0.15, -0.1) is 0 Å². The SMILES string of the molecule is CN(CC1CCCN(CCc2ccc(Cl)cc2)C1)C(=O)c1ccccc1. The summed E-state index contributed by atoms with van der Waals surface area (Å²) in [7, 11) is 1.92. The van der Waals surface area contributed by atoms with Gasteiger partial charge in [-0.2, -0.15) is 0 Å². The van der Waals surface area contributed by atoms with Crippen LogP contribution in [0.3, 0.4) is 0 Å². The molecular formula is C22H27ClN2O. The molecule has 1 atom stereocenters. The van der Waals surface area contributed by atoms with E-state index in [0.717, 1.165) is 43.2 Å². The van der Waals surface area contributed by atoms with Crippen molar-refractivity contribution in [2.24, 2.45) is 5.92 Å². The zero-order valence-electron chi connectivity index (χ0n) is 15.4. The largest absolute Gasteiger partial charge is 0.341 e. The lowest BCUT2D eigenvalue weighted by molar-refractivity contribution is 0.0730. The van der Waals surface area contributed by atoms with Crippen molar-refractivity contribution in [3.8, 4) is 0 Å². The summed E-state index contributed by atoms with van der Waals surface area (Å²) >= 11 is 5.96. The molecule has 3 nitrogen and oxygen atoms in total. The molecular weight excluding hydrogens is 344 g/mol. The number of nitrogens with zero attached hydrogens (tertiary/aromatic N) is 2. The minimum atomic E-state index is 0.115. The second-order valence-corrected chi connectivity index (χ2v) is 7.67. The summed E-state index contributed by atoms with van der Waals surface area (Å²) < 4.78 is 0. The molecule has 0 saturated carbocycles. The molecule has 1 heterocycles. The average Bonchev–Trinajstić information content (AvgIpc) is 2.68. The maximum Gasteiger partial charge on any atom is 0.253 e. The molecule has 1 aliphatic heterocycles. The molecule has 0 N–H and O–H groups in total. The van der Waals surface area contributed by atoms with Crippen molar-refractivity contribution in [3.05, 3.63) is 70.7 Å². The van der Waals surface area contributed by atoms with Gasteiger partial charge >= 0.3 is 0 Å². The normalized spacial score (nSPS) is 17.8. The molecule has 1 saturated heterocycles. The first-order chi connectivity index (χ1) is 12.6. The van der Waals surface area contributed by atoms with Gasteiger partial charge in [0.15, 0.2) is 0 Å². The van der Waals surface area contributed by atoms with Crippen LogP contribution in [0.2, 0.25) is 5.02 Å². The second-order valence-electron chi connectivity index (χ2n) is 7.24. The third-order valence-electron chi connectivity index (χ3n) is 5.13. The van der Waals surface area contributed by atoms with Crippen LogP contribution in [-0.2, 0) is 6.42 Å². The van der Waals surface area contributed by atoms with E-state index >= 15 is 0 Å². The summed E-state index contributed by atoms with van der Waals surface area (Å²) in [6.45, 7) is 4.11. The number of carbonyl (C=O) groups is 1. The first kappa shape index (κ1) is 18.9. The van der Waals surface area contributed by atoms with E-state index in [1.807, 2.05) is 54.4 Å². The Labute approximate surface area is 161 Å². The number of hydrogen-bond donors (Lipinski definition) is 0. The van der Waals surface area contributed by atoms with E-state index in [0.29, 0.717) is 5.92 Å². The van der Waals surface area contributed by atoms with Crippen LogP contribution in [-0.4, -0.2) is 48.9 Å². The van der Waals surface area contributed by atoms with E-state index in [4.69, 9.17) is 11.6 Å². The Morgan fingerprint density at radius 3 is 2.62 bits per heavy atom. The number of halogens is 1. The molecule has 0 spiro atoms. The van der Waals surface area contributed by atoms with Crippen LogP contribution in [0.25, 0.3) is 0 Å². The van der Waals surface area contributed by atoms with Crippen LogP contribution in [0.5, 0.6) is 0 Å². The molecule has 0 bridgehead atoms. The monoisotopic (exact) mass is 370 g/mol. The van der Waals surface area contributed by atoms with Gasteiger partial charge in [0.1, 0.15) is 0 Å². The fraction of sp³-hybridized carbons (Fsp3) is 0.409. The fourth-order valence-corrected chi connectivity index (χ4v) is 3.84. The molecule has 0 aliphatic carbocycles. The van der Waals surface area contributed by atoms with Crippen LogP contribution < -0.4 is 0 Å². The highest BCUT2D eigenvalue weighted by molar-refractivity contribution is 6.30. The smallest absolute Gasteiger partial charge is 0.253 e. The molecule has 2 aromatic rings. The Morgan fingerprint density at radius 2 is 1.88 bits per heavy atom. The summed E-state index contributed by atoms with van der Waals surface area (Å²) in [6.07, 6.45) is 3.45. The highest BCUT2D eigenvalue weighted by atomic mass is 35.5. The van der Waals surface area contributed by atoms with Crippen LogP contribution in [0.4, 0.5) is 0 Å². The van der Waals surface area contributed by atoms with Gasteiger partial charge in [-0.1, -0.05) is 41.9 Å². The molecule has 4 heteroatoms. The number of carbonyl (C=O) groups excluding carboxylic acids is 1. The molecule has 2 aromatic carbocycles. The van der Waals surface area contributed by atoms with E-state index < -0.39 is 0 Å². The summed E-state index contributed by atoms with van der Waals surface area (Å²) in [5, 5.41) is 0.790. The van der Waals surface area contributed by atoms with Gasteiger partial charge in [-0.3, -0.25) is 4.79 Å². The fourth-order valence-electron chi connectivity index (χ4n) is 3.71. The van der Waals surface area contributed by atoms with Crippen LogP contribution in [0.1, 0.15) is 28.8 Å². The predicted molar refractivity (Wildman–Crippen MR) is 108 cm³/mol. The number of amides is 1. The van der Waals surface area contributed by atoms with Gasteiger partial charge < -0.3 is 9.80 Å². The number of rotatable bonds is 6. The quantitative estimate of drug-likeness (QED) is 0.753. The highest BCUT2D eigenvalue weighted by Crippen LogP contribution is 2.19. The Hall–Kier alpha value is -1.84. The lowest BCUT2D eigenvalue weighted by Crippen LogP contribution is -2.42. The van der Waals surface area contributed by atoms with Crippen molar-refractivity contribution >= 4 is 17.5 Å². The minimum Gasteiger partial charge on any atom is -0.341 e. The molecule has 3 rings (SSSR count). The van der Waals surface area contributed by atoms with Crippen molar-refractivity contribution < 1.29 is 4.79 Å². The highest BCUT2D eigenvalue weighted by Gasteiger charge is 2.23. The lowest BCUT2D eigenvalue weighted by atomic mass is 9.96. The topological polar surface area (TPSA) is 23.6 Å². The number of piperidine rings is 1. The van der Waals surface area contributed by atoms with Crippen LogP contribution in [0.15, 0.2) is 54.6 Å². The molecule has 26 heavy (non-hydrogen) atoms. The number of benzene rings is 2. The molecule has 1 amide bonds. The molecule has 138 valence electrons. The summed E-state index contributed by atoms with van der Waals surface area (Å²) in [5.74, 6) is 0.663. The van der Waals surface area contributed by atoms with Gasteiger partial charge in [0, 0.05) is 37.3 Å². The Kier molecular flexibility index (Phi) is 6.70. The maximum absolute atomic E-state index is 12.5. The van der Waals surface area contributed by atoms with Gasteiger partial charge in [-0.05, 0) is 61.6 Å². The maximum atomic E-state index is 12.5. The lowest BCUT2D eigenvalue weighted by Gasteiger charge is -2.34. The standard InChI is InChI=1S/C22H27ClN2O/c1-24(22(26)20-7-3-2-4-8-20)16-19-6-5-14-25(17-19)15-13-18-9-11-21(23)12-10-18/h2-4,7-12,19H,5-6,13-17H2,1H3. The summed E-state index contributed by atoms with van der Waals surface area (Å²) in [6, 6.07) is 17.7. The number of likely N-dealkylation sites (tertiary alicyclic amines) is 1. The first-order valence-corrected chi connectivity index (χ1v) is 9.77. The first-order valence-electron chi connectivity index (χ1n) is 9.39. The van der Waals surface area contributed by atoms with Crippen molar-refractivity contribution in [2.75, 3.05) is 33.2 Å². The molecule has 0 radical (unpaired) electrons. The van der Waals surface area contributed by atoms with Crippen molar-refractivity contribution in [1.29, 1.82) is 0 Å². The van der Waals surface area contributed by atoms with Crippen LogP contribution in [0, 0.1) is 5.92 Å². The Bertz CT molecular complexity index is 702. The van der Waals surface area contributed by atoms with Crippen molar-refractivity contribution in [1.82, 2.24) is 9.80 Å².